The Hall–Kier alpha value is -1.59. The molecule has 0 aliphatic carbocycles. The molecule has 2 N–H and O–H groups in total. The molecule has 1 amide bonds. The van der Waals surface area contributed by atoms with Crippen LogP contribution in [0.4, 0.5) is 5.69 Å². The van der Waals surface area contributed by atoms with Crippen LogP contribution >= 0.6 is 0 Å². The molecule has 5 nitrogen and oxygen atoms in total. The van der Waals surface area contributed by atoms with Gasteiger partial charge in [0.1, 0.15) is 31.0 Å². The van der Waals surface area contributed by atoms with Gasteiger partial charge in [0.25, 0.3) is 5.91 Å². The molecule has 0 unspecified atom stereocenters. The van der Waals surface area contributed by atoms with E-state index in [-0.39, 0.29) is 18.1 Å². The fourth-order valence-corrected chi connectivity index (χ4v) is 2.64. The summed E-state index contributed by atoms with van der Waals surface area (Å²) in [6.07, 6.45) is 0.421. The van der Waals surface area contributed by atoms with E-state index in [2.05, 4.69) is 19.2 Å². The minimum absolute atomic E-state index is 0.0338. The van der Waals surface area contributed by atoms with Gasteiger partial charge in [0.05, 0.1) is 7.11 Å². The molecule has 5 heteroatoms. The van der Waals surface area contributed by atoms with Crippen LogP contribution in [-0.4, -0.2) is 44.9 Å². The largest absolute Gasteiger partial charge is 0.497 e. The van der Waals surface area contributed by atoms with Gasteiger partial charge in [-0.2, -0.15) is 0 Å². The lowest BCUT2D eigenvalue weighted by atomic mass is 10.2. The first kappa shape index (κ1) is 14.8. The van der Waals surface area contributed by atoms with Crippen LogP contribution in [-0.2, 0) is 9.53 Å². The van der Waals surface area contributed by atoms with E-state index in [1.54, 1.807) is 7.11 Å². The van der Waals surface area contributed by atoms with E-state index in [1.807, 2.05) is 24.3 Å². The fourth-order valence-electron chi connectivity index (χ4n) is 2.64. The number of morpholine rings is 1. The maximum atomic E-state index is 12.0. The third-order valence-electron chi connectivity index (χ3n) is 3.40. The number of methoxy groups -OCH3 is 1. The van der Waals surface area contributed by atoms with Crippen LogP contribution in [0.5, 0.6) is 5.75 Å². The normalized spacial score (nSPS) is 26.1. The van der Waals surface area contributed by atoms with Gasteiger partial charge in [0.2, 0.25) is 0 Å². The molecule has 0 bridgehead atoms. The van der Waals surface area contributed by atoms with Gasteiger partial charge in [0, 0.05) is 5.69 Å². The third kappa shape index (κ3) is 4.21. The molecule has 110 valence electrons. The summed E-state index contributed by atoms with van der Waals surface area (Å²) in [5.41, 5.74) is 0.796. The molecular weight excluding hydrogens is 256 g/mol. The summed E-state index contributed by atoms with van der Waals surface area (Å²) < 4.78 is 10.8. The SMILES string of the molecule is COc1ccc(NC(=O)C[NH+]2C[C@@H](C)O[C@H](C)C2)cc1. The molecule has 20 heavy (non-hydrogen) atoms. The standard InChI is InChI=1S/C15H22N2O3/c1-11-8-17(9-12(2)20-11)10-15(18)16-13-4-6-14(19-3)7-5-13/h4-7,11-12H,8-10H2,1-3H3,(H,16,18)/p+1/t11-,12-/m1/s1. The Morgan fingerprint density at radius 3 is 2.45 bits per heavy atom. The second-order valence-electron chi connectivity index (χ2n) is 5.37. The minimum Gasteiger partial charge on any atom is -0.497 e. The highest BCUT2D eigenvalue weighted by Crippen LogP contribution is 2.14. The van der Waals surface area contributed by atoms with Gasteiger partial charge >= 0.3 is 0 Å². The lowest BCUT2D eigenvalue weighted by Crippen LogP contribution is -3.16. The topological polar surface area (TPSA) is 52.0 Å². The van der Waals surface area contributed by atoms with Gasteiger partial charge in [-0.1, -0.05) is 0 Å². The molecule has 2 atom stereocenters. The molecule has 1 aliphatic rings. The highest BCUT2D eigenvalue weighted by molar-refractivity contribution is 5.91. The van der Waals surface area contributed by atoms with E-state index in [0.29, 0.717) is 6.54 Å². The van der Waals surface area contributed by atoms with E-state index in [0.717, 1.165) is 24.5 Å². The van der Waals surface area contributed by atoms with Crippen molar-refractivity contribution in [3.8, 4) is 5.75 Å². The van der Waals surface area contributed by atoms with Crippen molar-refractivity contribution in [3.05, 3.63) is 24.3 Å². The number of carbonyl (C=O) groups is 1. The number of anilines is 1. The number of rotatable bonds is 4. The Kier molecular flexibility index (Phi) is 4.98. The molecular formula is C15H23N2O3+. The smallest absolute Gasteiger partial charge is 0.279 e. The Bertz CT molecular complexity index is 437. The molecule has 1 heterocycles. The zero-order chi connectivity index (χ0) is 14.5. The molecule has 1 aliphatic heterocycles. The summed E-state index contributed by atoms with van der Waals surface area (Å²) in [5, 5.41) is 2.91. The summed E-state index contributed by atoms with van der Waals surface area (Å²) >= 11 is 0. The van der Waals surface area contributed by atoms with Crippen molar-refractivity contribution in [1.29, 1.82) is 0 Å². The van der Waals surface area contributed by atoms with Crippen LogP contribution < -0.4 is 15.0 Å². The number of carbonyl (C=O) groups excluding carboxylic acids is 1. The number of hydrogen-bond donors (Lipinski definition) is 2. The molecule has 1 saturated heterocycles. The quantitative estimate of drug-likeness (QED) is 0.835. The molecule has 1 aromatic carbocycles. The first-order chi connectivity index (χ1) is 9.56. The Labute approximate surface area is 119 Å². The molecule has 0 spiro atoms. The van der Waals surface area contributed by atoms with E-state index < -0.39 is 0 Å². The minimum atomic E-state index is 0.0338. The Morgan fingerprint density at radius 1 is 1.30 bits per heavy atom. The van der Waals surface area contributed by atoms with Gasteiger partial charge in [-0.15, -0.1) is 0 Å². The van der Waals surface area contributed by atoms with E-state index >= 15 is 0 Å². The van der Waals surface area contributed by atoms with Crippen molar-refractivity contribution in [1.82, 2.24) is 0 Å². The van der Waals surface area contributed by atoms with Crippen molar-refractivity contribution in [2.45, 2.75) is 26.1 Å². The van der Waals surface area contributed by atoms with Gasteiger partial charge in [-0.3, -0.25) is 4.79 Å². The number of amides is 1. The molecule has 0 saturated carbocycles. The van der Waals surface area contributed by atoms with Crippen LogP contribution in [0.15, 0.2) is 24.3 Å². The van der Waals surface area contributed by atoms with Gasteiger partial charge < -0.3 is 19.7 Å². The molecule has 0 aromatic heterocycles. The Balaban J connectivity index is 1.85. The van der Waals surface area contributed by atoms with E-state index in [4.69, 9.17) is 9.47 Å². The number of nitrogens with one attached hydrogen (secondary N) is 2. The van der Waals surface area contributed by atoms with Crippen LogP contribution in [0.2, 0.25) is 0 Å². The van der Waals surface area contributed by atoms with Crippen LogP contribution in [0.3, 0.4) is 0 Å². The average molecular weight is 279 g/mol. The van der Waals surface area contributed by atoms with E-state index in [9.17, 15) is 4.79 Å². The summed E-state index contributed by atoms with van der Waals surface area (Å²) in [4.78, 5) is 13.3. The fraction of sp³-hybridized carbons (Fsp3) is 0.533. The van der Waals surface area contributed by atoms with Crippen LogP contribution in [0, 0.1) is 0 Å². The van der Waals surface area contributed by atoms with Gasteiger partial charge in [-0.05, 0) is 38.1 Å². The van der Waals surface area contributed by atoms with Crippen molar-refractivity contribution >= 4 is 11.6 Å². The highest BCUT2D eigenvalue weighted by atomic mass is 16.5. The molecule has 0 radical (unpaired) electrons. The van der Waals surface area contributed by atoms with Crippen molar-refractivity contribution < 1.29 is 19.2 Å². The maximum Gasteiger partial charge on any atom is 0.279 e. The van der Waals surface area contributed by atoms with Crippen molar-refractivity contribution in [3.63, 3.8) is 0 Å². The predicted molar refractivity (Wildman–Crippen MR) is 77.2 cm³/mol. The third-order valence-corrected chi connectivity index (χ3v) is 3.40. The van der Waals surface area contributed by atoms with Crippen molar-refractivity contribution in [2.24, 2.45) is 0 Å². The predicted octanol–water partition coefficient (Wildman–Crippen LogP) is 0.326. The first-order valence-electron chi connectivity index (χ1n) is 6.99. The highest BCUT2D eigenvalue weighted by Gasteiger charge is 2.27. The first-order valence-corrected chi connectivity index (χ1v) is 6.99. The van der Waals surface area contributed by atoms with Gasteiger partial charge in [-0.25, -0.2) is 0 Å². The molecule has 1 fully saturated rings. The number of hydrogen-bond acceptors (Lipinski definition) is 3. The van der Waals surface area contributed by atoms with Crippen LogP contribution in [0.1, 0.15) is 13.8 Å². The van der Waals surface area contributed by atoms with Crippen molar-refractivity contribution in [2.75, 3.05) is 32.1 Å². The average Bonchev–Trinajstić information content (AvgIpc) is 2.38. The summed E-state index contributed by atoms with van der Waals surface area (Å²) in [5.74, 6) is 0.816. The second-order valence-corrected chi connectivity index (χ2v) is 5.37. The lowest BCUT2D eigenvalue weighted by molar-refractivity contribution is -0.907. The van der Waals surface area contributed by atoms with Gasteiger partial charge in [0.15, 0.2) is 6.54 Å². The summed E-state index contributed by atoms with van der Waals surface area (Å²) in [6, 6.07) is 7.36. The number of quaternary nitrogens is 1. The van der Waals surface area contributed by atoms with Crippen LogP contribution in [0.25, 0.3) is 0 Å². The number of benzene rings is 1. The zero-order valence-corrected chi connectivity index (χ0v) is 12.3. The summed E-state index contributed by atoms with van der Waals surface area (Å²) in [7, 11) is 1.62. The second kappa shape index (κ2) is 6.72. The zero-order valence-electron chi connectivity index (χ0n) is 12.3. The maximum absolute atomic E-state index is 12.0. The van der Waals surface area contributed by atoms with E-state index in [1.165, 1.54) is 4.90 Å². The molecule has 2 rings (SSSR count). The summed E-state index contributed by atoms with van der Waals surface area (Å²) in [6.45, 7) is 6.33. The number of ether oxygens (including phenoxy) is 2. The monoisotopic (exact) mass is 279 g/mol. The molecule has 1 aromatic rings. The lowest BCUT2D eigenvalue weighted by Gasteiger charge is -2.31. The Morgan fingerprint density at radius 2 is 1.90 bits per heavy atom.